The lowest BCUT2D eigenvalue weighted by molar-refractivity contribution is -0.118. The maximum absolute atomic E-state index is 11.7. The van der Waals surface area contributed by atoms with Gasteiger partial charge in [-0.05, 0) is 17.7 Å². The monoisotopic (exact) mass is 396 g/mol. The highest BCUT2D eigenvalue weighted by Gasteiger charge is 2.03. The van der Waals surface area contributed by atoms with Crippen molar-refractivity contribution in [3.63, 3.8) is 0 Å². The largest absolute Gasteiger partial charge is 0.272 e. The number of hydrogen-bond donors (Lipinski definition) is 1. The number of benzene rings is 2. The van der Waals surface area contributed by atoms with Gasteiger partial charge in [-0.15, -0.1) is 11.8 Å². The summed E-state index contributed by atoms with van der Waals surface area (Å²) in [7, 11) is 0. The Balaban J connectivity index is 1.75. The van der Waals surface area contributed by atoms with Crippen molar-refractivity contribution in [1.82, 2.24) is 5.43 Å². The van der Waals surface area contributed by atoms with Crippen molar-refractivity contribution in [1.29, 1.82) is 0 Å². The van der Waals surface area contributed by atoms with Gasteiger partial charge in [-0.2, -0.15) is 5.10 Å². The third-order valence-electron chi connectivity index (χ3n) is 2.75. The Bertz CT molecular complexity index is 679. The molecule has 2 aromatic carbocycles. The predicted octanol–water partition coefficient (Wildman–Crippen LogP) is 4.49. The molecule has 1 amide bonds. The zero-order valence-corrected chi connectivity index (χ0v) is 14.8. The molecule has 6 heteroatoms. The molecule has 0 aliphatic heterocycles. The molecule has 0 radical (unpaired) electrons. The maximum atomic E-state index is 11.7. The van der Waals surface area contributed by atoms with Crippen LogP contribution in [-0.2, 0) is 10.5 Å². The Kier molecular flexibility index (Phi) is 6.96. The van der Waals surface area contributed by atoms with Gasteiger partial charge in [0.05, 0.1) is 12.0 Å². The van der Waals surface area contributed by atoms with Crippen molar-refractivity contribution in [2.24, 2.45) is 5.10 Å². The summed E-state index contributed by atoms with van der Waals surface area (Å²) in [4.78, 5) is 11.7. The number of rotatable bonds is 6. The van der Waals surface area contributed by atoms with E-state index >= 15 is 0 Å². The first-order chi connectivity index (χ1) is 10.7. The van der Waals surface area contributed by atoms with E-state index in [0.29, 0.717) is 10.8 Å². The molecule has 114 valence electrons. The van der Waals surface area contributed by atoms with Crippen LogP contribution in [0.25, 0.3) is 0 Å². The summed E-state index contributed by atoms with van der Waals surface area (Å²) in [6.07, 6.45) is 1.54. The Morgan fingerprint density at radius 1 is 1.23 bits per heavy atom. The summed E-state index contributed by atoms with van der Waals surface area (Å²) >= 11 is 11.0. The quantitative estimate of drug-likeness (QED) is 0.576. The zero-order chi connectivity index (χ0) is 15.8. The standard InChI is InChI=1S/C16H14BrClN2OS/c17-14-7-3-1-6-13(14)10-22-11-16(21)20-19-9-12-5-2-4-8-15(12)18/h1-9H,10-11H2,(H,20,21)/b19-9-. The van der Waals surface area contributed by atoms with Gasteiger partial charge in [0.1, 0.15) is 0 Å². The molecule has 0 saturated carbocycles. The van der Waals surface area contributed by atoms with E-state index < -0.39 is 0 Å². The molecule has 0 bridgehead atoms. The molecule has 3 nitrogen and oxygen atoms in total. The first kappa shape index (κ1) is 17.1. The third kappa shape index (κ3) is 5.48. The molecule has 0 unspecified atom stereocenters. The van der Waals surface area contributed by atoms with Gasteiger partial charge in [0, 0.05) is 20.8 Å². The number of nitrogens with one attached hydrogen (secondary N) is 1. The van der Waals surface area contributed by atoms with Gasteiger partial charge in [-0.3, -0.25) is 4.79 Å². The Labute approximate surface area is 147 Å². The number of amides is 1. The number of hydrazone groups is 1. The molecular weight excluding hydrogens is 384 g/mol. The molecular formula is C16H14BrClN2OS. The van der Waals surface area contributed by atoms with Crippen LogP contribution in [0.2, 0.25) is 5.02 Å². The third-order valence-corrected chi connectivity index (χ3v) is 4.85. The van der Waals surface area contributed by atoms with Gasteiger partial charge in [0.15, 0.2) is 0 Å². The van der Waals surface area contributed by atoms with Crippen LogP contribution in [0.1, 0.15) is 11.1 Å². The average molecular weight is 398 g/mol. The van der Waals surface area contributed by atoms with E-state index in [4.69, 9.17) is 11.6 Å². The second-order valence-corrected chi connectivity index (χ2v) is 6.65. The van der Waals surface area contributed by atoms with Crippen LogP contribution >= 0.6 is 39.3 Å². The van der Waals surface area contributed by atoms with Crippen LogP contribution in [0, 0.1) is 0 Å². The van der Waals surface area contributed by atoms with Crippen LogP contribution in [-0.4, -0.2) is 17.9 Å². The van der Waals surface area contributed by atoms with Crippen LogP contribution < -0.4 is 5.43 Å². The average Bonchev–Trinajstić information content (AvgIpc) is 2.51. The predicted molar refractivity (Wildman–Crippen MR) is 97.5 cm³/mol. The second kappa shape index (κ2) is 8.98. The first-order valence-electron chi connectivity index (χ1n) is 6.54. The second-order valence-electron chi connectivity index (χ2n) is 4.40. The van der Waals surface area contributed by atoms with E-state index in [1.54, 1.807) is 12.3 Å². The molecule has 0 aliphatic carbocycles. The summed E-state index contributed by atoms with van der Waals surface area (Å²) < 4.78 is 1.06. The van der Waals surface area contributed by atoms with E-state index in [1.807, 2.05) is 42.5 Å². The van der Waals surface area contributed by atoms with Gasteiger partial charge in [-0.1, -0.05) is 63.9 Å². The molecule has 0 aromatic heterocycles. The lowest BCUT2D eigenvalue weighted by Crippen LogP contribution is -2.19. The van der Waals surface area contributed by atoms with Gasteiger partial charge >= 0.3 is 0 Å². The Morgan fingerprint density at radius 2 is 1.95 bits per heavy atom. The summed E-state index contributed by atoms with van der Waals surface area (Å²) in [5.41, 5.74) is 4.43. The van der Waals surface area contributed by atoms with Crippen LogP contribution in [0.4, 0.5) is 0 Å². The highest BCUT2D eigenvalue weighted by molar-refractivity contribution is 9.10. The lowest BCUT2D eigenvalue weighted by Gasteiger charge is -2.03. The SMILES string of the molecule is O=C(CSCc1ccccc1Br)N/N=C\c1ccccc1Cl. The fraction of sp³-hybridized carbons (Fsp3) is 0.125. The Hall–Kier alpha value is -1.30. The van der Waals surface area contributed by atoms with E-state index in [2.05, 4.69) is 26.5 Å². The van der Waals surface area contributed by atoms with E-state index in [0.717, 1.165) is 15.8 Å². The summed E-state index contributed by atoms with van der Waals surface area (Å²) in [5, 5.41) is 4.51. The smallest absolute Gasteiger partial charge is 0.250 e. The number of carbonyl (C=O) groups is 1. The summed E-state index contributed by atoms with van der Waals surface area (Å²) in [6.45, 7) is 0. The van der Waals surface area contributed by atoms with Crippen molar-refractivity contribution in [2.75, 3.05) is 5.75 Å². The molecule has 2 rings (SSSR count). The van der Waals surface area contributed by atoms with E-state index in [9.17, 15) is 4.79 Å². The molecule has 0 saturated heterocycles. The highest BCUT2D eigenvalue weighted by Crippen LogP contribution is 2.21. The minimum atomic E-state index is -0.139. The summed E-state index contributed by atoms with van der Waals surface area (Å²) in [5.74, 6) is 0.977. The number of halogens is 2. The number of carbonyl (C=O) groups excluding carboxylic acids is 1. The van der Waals surface area contributed by atoms with E-state index in [-0.39, 0.29) is 5.91 Å². The minimum Gasteiger partial charge on any atom is -0.272 e. The van der Waals surface area contributed by atoms with Crippen molar-refractivity contribution < 1.29 is 4.79 Å². The highest BCUT2D eigenvalue weighted by atomic mass is 79.9. The van der Waals surface area contributed by atoms with Gasteiger partial charge in [-0.25, -0.2) is 5.43 Å². The fourth-order valence-corrected chi connectivity index (χ4v) is 3.27. The van der Waals surface area contributed by atoms with Gasteiger partial charge in [0.2, 0.25) is 5.91 Å². The van der Waals surface area contributed by atoms with Crippen molar-refractivity contribution >= 4 is 51.4 Å². The molecule has 0 spiro atoms. The molecule has 22 heavy (non-hydrogen) atoms. The molecule has 0 atom stereocenters. The zero-order valence-electron chi connectivity index (χ0n) is 11.6. The van der Waals surface area contributed by atoms with Crippen LogP contribution in [0.5, 0.6) is 0 Å². The molecule has 1 N–H and O–H groups in total. The first-order valence-corrected chi connectivity index (χ1v) is 8.87. The summed E-state index contributed by atoms with van der Waals surface area (Å²) in [6, 6.07) is 15.3. The maximum Gasteiger partial charge on any atom is 0.250 e. The van der Waals surface area contributed by atoms with Crippen LogP contribution in [0.3, 0.4) is 0 Å². The lowest BCUT2D eigenvalue weighted by atomic mass is 10.2. The van der Waals surface area contributed by atoms with E-state index in [1.165, 1.54) is 17.3 Å². The molecule has 2 aromatic rings. The van der Waals surface area contributed by atoms with Crippen molar-refractivity contribution in [3.8, 4) is 0 Å². The number of hydrogen-bond acceptors (Lipinski definition) is 3. The number of thioether (sulfide) groups is 1. The van der Waals surface area contributed by atoms with Crippen LogP contribution in [0.15, 0.2) is 58.1 Å². The Morgan fingerprint density at radius 3 is 2.73 bits per heavy atom. The van der Waals surface area contributed by atoms with Crippen molar-refractivity contribution in [3.05, 3.63) is 69.2 Å². The topological polar surface area (TPSA) is 41.5 Å². The fourth-order valence-electron chi connectivity index (χ4n) is 1.66. The van der Waals surface area contributed by atoms with Gasteiger partial charge < -0.3 is 0 Å². The van der Waals surface area contributed by atoms with Gasteiger partial charge in [0.25, 0.3) is 0 Å². The molecule has 0 heterocycles. The normalized spacial score (nSPS) is 10.8. The number of nitrogens with zero attached hydrogens (tertiary/aromatic N) is 1. The van der Waals surface area contributed by atoms with Crippen molar-refractivity contribution in [2.45, 2.75) is 5.75 Å². The molecule has 0 fully saturated rings. The minimum absolute atomic E-state index is 0.139. The molecule has 0 aliphatic rings.